The molecule has 0 saturated carbocycles. The number of ether oxygens (including phenoxy) is 4. The van der Waals surface area contributed by atoms with E-state index in [1.807, 2.05) is 0 Å². The molecule has 0 bridgehead atoms. The highest BCUT2D eigenvalue weighted by Crippen LogP contribution is 2.37. The number of nitrogens with one attached hydrogen (secondary N) is 1. The van der Waals surface area contributed by atoms with Crippen LogP contribution in [0, 0.1) is 10.9 Å². The molecule has 1 saturated heterocycles. The lowest BCUT2D eigenvalue weighted by Crippen LogP contribution is -2.41. The number of amidine groups is 2. The summed E-state index contributed by atoms with van der Waals surface area (Å²) in [6, 6.07) is 24.4. The van der Waals surface area contributed by atoms with Crippen molar-refractivity contribution in [2.24, 2.45) is 25.7 Å². The second kappa shape index (κ2) is 14.1. The highest BCUT2D eigenvalue weighted by atomic mass is 16.7. The monoisotopic (exact) mass is 647 g/mol. The molecule has 6 rings (SSSR count). The van der Waals surface area contributed by atoms with Gasteiger partial charge in [0.2, 0.25) is 5.84 Å². The highest BCUT2D eigenvalue weighted by Gasteiger charge is 2.52. The average Bonchev–Trinajstić information content (AvgIpc) is 3.71. The number of aromatic nitrogens is 2. The third kappa shape index (κ3) is 6.45. The number of fused-ring (bicyclic) bond motifs is 1. The Hall–Kier alpha value is -6.80. The number of nitrogens with zero attached hydrogens (tertiary/aromatic N) is 9. The number of esters is 3. The Kier molecular flexibility index (Phi) is 9.16. The van der Waals surface area contributed by atoms with E-state index in [1.54, 1.807) is 78.9 Å². The number of azo groups is 1. The average molecular weight is 648 g/mol. The first-order valence-electron chi connectivity index (χ1n) is 14.2. The van der Waals surface area contributed by atoms with Crippen LogP contribution in [-0.4, -0.2) is 64.0 Å². The lowest BCUT2D eigenvalue weighted by Gasteiger charge is -2.25. The van der Waals surface area contributed by atoms with Crippen molar-refractivity contribution in [2.45, 2.75) is 24.5 Å². The van der Waals surface area contributed by atoms with Gasteiger partial charge >= 0.3 is 23.0 Å². The fourth-order valence-electron chi connectivity index (χ4n) is 5.03. The third-order valence-electron chi connectivity index (χ3n) is 7.19. The largest absolute Gasteiger partial charge is 0.459 e. The van der Waals surface area contributed by atoms with E-state index in [0.717, 1.165) is 0 Å². The maximum absolute atomic E-state index is 13.5. The summed E-state index contributed by atoms with van der Waals surface area (Å²) < 4.78 is 25.2. The van der Waals surface area contributed by atoms with E-state index < -0.39 is 49.1 Å². The number of carbonyl (C=O) groups excluding carboxylic acids is 3. The molecule has 2 aliphatic rings. The Morgan fingerprint density at radius 3 is 1.92 bits per heavy atom. The molecular weight excluding hydrogens is 624 g/mol. The molecule has 0 spiro atoms. The van der Waals surface area contributed by atoms with Crippen LogP contribution in [0.15, 0.2) is 123 Å². The zero-order valence-electron chi connectivity index (χ0n) is 24.6. The number of hydrogen-bond donors (Lipinski definition) is 1. The molecule has 17 heteroatoms. The summed E-state index contributed by atoms with van der Waals surface area (Å²) in [5, 5.41) is 30.0. The summed E-state index contributed by atoms with van der Waals surface area (Å²) in [5.74, 6) is -2.64. The van der Waals surface area contributed by atoms with Crippen molar-refractivity contribution in [3.8, 4) is 0 Å². The van der Waals surface area contributed by atoms with E-state index in [9.17, 15) is 19.8 Å². The SMILES string of the molecule is N#[N+]/N=C1\N=NC(=NN=N)c2ncn([C@@H]3O[C@H](COC(=O)c4ccccc4)[C@@H](OC(=O)c4ccccc4)[C@H]3OC(=O)c3ccccc3)c21. The molecule has 238 valence electrons. The number of imidazole rings is 1. The first-order chi connectivity index (χ1) is 23.5. The van der Waals surface area contributed by atoms with Gasteiger partial charge in [0.25, 0.3) is 11.2 Å². The number of benzene rings is 3. The van der Waals surface area contributed by atoms with E-state index >= 15 is 0 Å². The van der Waals surface area contributed by atoms with E-state index in [-0.39, 0.29) is 39.7 Å². The minimum absolute atomic E-state index is 0.0249. The topological polar surface area (TPSA) is 220 Å². The molecule has 3 aromatic carbocycles. The van der Waals surface area contributed by atoms with E-state index in [2.05, 4.69) is 35.7 Å². The maximum atomic E-state index is 13.5. The Balaban J connectivity index is 1.42. The molecule has 4 atom stereocenters. The zero-order chi connectivity index (χ0) is 33.5. The van der Waals surface area contributed by atoms with Gasteiger partial charge in [0.05, 0.1) is 23.0 Å². The summed E-state index contributed by atoms with van der Waals surface area (Å²) in [5.41, 5.74) is 7.87. The highest BCUT2D eigenvalue weighted by molar-refractivity contribution is 6.13. The predicted octanol–water partition coefficient (Wildman–Crippen LogP) is 4.76. The van der Waals surface area contributed by atoms with Gasteiger partial charge in [-0.1, -0.05) is 59.8 Å². The van der Waals surface area contributed by atoms with Crippen LogP contribution < -0.4 is 0 Å². The molecule has 0 aliphatic carbocycles. The number of diazo groups is 1. The second-order valence-electron chi connectivity index (χ2n) is 10.1. The van der Waals surface area contributed by atoms with Crippen LogP contribution in [0.1, 0.15) is 48.7 Å². The smallest absolute Gasteiger partial charge is 0.341 e. The maximum Gasteiger partial charge on any atom is 0.341 e. The van der Waals surface area contributed by atoms with E-state index in [1.165, 1.54) is 23.0 Å². The first kappa shape index (κ1) is 31.2. The Morgan fingerprint density at radius 2 is 1.35 bits per heavy atom. The van der Waals surface area contributed by atoms with Gasteiger partial charge < -0.3 is 18.9 Å². The molecule has 0 amide bonds. The van der Waals surface area contributed by atoms with Crippen molar-refractivity contribution in [3.05, 3.63) is 130 Å². The van der Waals surface area contributed by atoms with Crippen molar-refractivity contribution in [2.75, 3.05) is 6.61 Å². The van der Waals surface area contributed by atoms with E-state index in [4.69, 9.17) is 24.5 Å². The summed E-state index contributed by atoms with van der Waals surface area (Å²) in [6.45, 7) is -0.426. The van der Waals surface area contributed by atoms with Gasteiger partial charge in [-0.3, -0.25) is 4.57 Å². The van der Waals surface area contributed by atoms with Crippen LogP contribution in [-0.2, 0) is 18.9 Å². The van der Waals surface area contributed by atoms with Gasteiger partial charge in [-0.15, -0.1) is 15.3 Å². The molecule has 0 unspecified atom stereocenters. The zero-order valence-corrected chi connectivity index (χ0v) is 24.6. The Bertz CT molecular complexity index is 1970. The first-order valence-corrected chi connectivity index (χ1v) is 14.2. The summed E-state index contributed by atoms with van der Waals surface area (Å²) in [7, 11) is 0. The normalized spacial score (nSPS) is 21.2. The lowest BCUT2D eigenvalue weighted by molar-refractivity contribution is -0.0622. The number of hydrogen-bond acceptors (Lipinski definition) is 12. The lowest BCUT2D eigenvalue weighted by atomic mass is 10.1. The molecule has 1 fully saturated rings. The van der Waals surface area contributed by atoms with Crippen molar-refractivity contribution >= 4 is 29.6 Å². The van der Waals surface area contributed by atoms with Gasteiger partial charge in [0.15, 0.2) is 23.5 Å². The fraction of sp³-hybridized carbons (Fsp3) is 0.161. The molecule has 0 radical (unpaired) electrons. The van der Waals surface area contributed by atoms with Crippen LogP contribution in [0.4, 0.5) is 0 Å². The van der Waals surface area contributed by atoms with Gasteiger partial charge in [-0.25, -0.2) is 19.4 Å². The number of rotatable bonds is 9. The molecule has 3 heterocycles. The Morgan fingerprint density at radius 1 is 0.812 bits per heavy atom. The molecule has 48 heavy (non-hydrogen) atoms. The number of carbonyl (C=O) groups is 3. The predicted molar refractivity (Wildman–Crippen MR) is 162 cm³/mol. The van der Waals surface area contributed by atoms with Gasteiger partial charge in [0, 0.05) is 0 Å². The summed E-state index contributed by atoms with van der Waals surface area (Å²) in [4.78, 5) is 44.1. The third-order valence-corrected chi connectivity index (χ3v) is 7.19. The van der Waals surface area contributed by atoms with E-state index in [0.29, 0.717) is 0 Å². The molecule has 1 N–H and O–H groups in total. The fourth-order valence-corrected chi connectivity index (χ4v) is 5.03. The summed E-state index contributed by atoms with van der Waals surface area (Å²) >= 11 is 0. The standard InChI is InChI=1S/C31H23N10O7/c32-39-37-26-22-23(27(36-35-26)38-40-33)41(17-34-22)28-25(48-31(44)20-14-8-3-9-15-20)24(47-30(43)19-12-6-2-7-13-19)21(46-28)16-45-29(42)18-10-4-1-5-11-18/h1-15,17,21,24-25,28,32H,16H2/q+1/b37-26?,38-27-,39-32?/t21-,24-,25-,28-/m1/s1. The van der Waals surface area contributed by atoms with Crippen LogP contribution >= 0.6 is 0 Å². The van der Waals surface area contributed by atoms with Crippen molar-refractivity contribution in [1.82, 2.24) is 9.55 Å². The van der Waals surface area contributed by atoms with Gasteiger partial charge in [0.1, 0.15) is 24.1 Å². The molecule has 2 aliphatic heterocycles. The second-order valence-corrected chi connectivity index (χ2v) is 10.1. The van der Waals surface area contributed by atoms with Crippen LogP contribution in [0.5, 0.6) is 0 Å². The minimum Gasteiger partial charge on any atom is -0.459 e. The van der Waals surface area contributed by atoms with Gasteiger partial charge in [-0.2, -0.15) is 5.53 Å². The van der Waals surface area contributed by atoms with Gasteiger partial charge in [-0.05, 0) is 36.4 Å². The molecule has 1 aromatic heterocycles. The van der Waals surface area contributed by atoms with Crippen LogP contribution in [0.2, 0.25) is 0 Å². The van der Waals surface area contributed by atoms with Crippen LogP contribution in [0.3, 0.4) is 0 Å². The van der Waals surface area contributed by atoms with Crippen molar-refractivity contribution < 1.29 is 33.3 Å². The van der Waals surface area contributed by atoms with Crippen LogP contribution in [0.25, 0.3) is 5.08 Å². The molecular formula is C31H23N10O7+. The molecule has 17 nitrogen and oxygen atoms in total. The summed E-state index contributed by atoms with van der Waals surface area (Å²) in [6.07, 6.45) is -3.99. The minimum atomic E-state index is -1.39. The van der Waals surface area contributed by atoms with Crippen molar-refractivity contribution in [1.29, 1.82) is 10.9 Å². The van der Waals surface area contributed by atoms with Crippen molar-refractivity contribution in [3.63, 3.8) is 0 Å². The molecule has 4 aromatic rings. The Labute approximate surface area is 270 Å². The quantitative estimate of drug-likeness (QED) is 0.0868.